The topological polar surface area (TPSA) is 84.4 Å². The molecule has 0 bridgehead atoms. The fourth-order valence-electron chi connectivity index (χ4n) is 4.25. The van der Waals surface area contributed by atoms with E-state index in [1.54, 1.807) is 37.8 Å². The molecule has 0 spiro atoms. The van der Waals surface area contributed by atoms with Crippen LogP contribution in [0, 0.1) is 10.5 Å². The number of alkyl halides is 3. The first-order valence-electron chi connectivity index (χ1n) is 12.5. The molecule has 1 aromatic carbocycles. The van der Waals surface area contributed by atoms with Crippen molar-refractivity contribution >= 4 is 28.7 Å². The number of aliphatic hydroxyl groups is 1. The largest absolute Gasteiger partial charge is 0.482 e. The lowest BCUT2D eigenvalue weighted by Gasteiger charge is -2.41. The number of nitrogens with zero attached hydrogens (tertiary/aromatic N) is 3. The molecule has 0 saturated carbocycles. The van der Waals surface area contributed by atoms with Gasteiger partial charge in [-0.2, -0.15) is 13.2 Å². The molecule has 1 aliphatic rings. The fraction of sp³-hybridized carbons (Fsp3) is 0.556. The maximum atomic E-state index is 13.5. The average Bonchev–Trinajstić information content (AvgIpc) is 2.83. The number of ether oxygens (including phenoxy) is 3. The molecule has 2 heterocycles. The summed E-state index contributed by atoms with van der Waals surface area (Å²) in [6.07, 6.45) is -7.23. The lowest BCUT2D eigenvalue weighted by Crippen LogP contribution is -2.55. The van der Waals surface area contributed by atoms with E-state index in [1.807, 2.05) is 18.7 Å². The van der Waals surface area contributed by atoms with Crippen molar-refractivity contribution in [2.45, 2.75) is 64.8 Å². The van der Waals surface area contributed by atoms with E-state index < -0.39 is 36.0 Å². The summed E-state index contributed by atoms with van der Waals surface area (Å²) >= 11 is 2.13. The Morgan fingerprint density at radius 2 is 1.92 bits per heavy atom. The van der Waals surface area contributed by atoms with Gasteiger partial charge in [0.1, 0.15) is 17.0 Å². The highest BCUT2D eigenvalue weighted by atomic mass is 127. The third kappa shape index (κ3) is 8.41. The number of hydrogen-bond donors (Lipinski definition) is 1. The number of amides is 1. The second kappa shape index (κ2) is 12.6. The van der Waals surface area contributed by atoms with Gasteiger partial charge in [0.05, 0.1) is 11.3 Å². The summed E-state index contributed by atoms with van der Waals surface area (Å²) < 4.78 is 58.3. The maximum absolute atomic E-state index is 13.5. The number of rotatable bonds is 7. The van der Waals surface area contributed by atoms with Crippen molar-refractivity contribution in [3.8, 4) is 5.75 Å². The van der Waals surface area contributed by atoms with Gasteiger partial charge in [-0.3, -0.25) is 4.90 Å². The first-order valence-corrected chi connectivity index (χ1v) is 13.6. The van der Waals surface area contributed by atoms with Crippen LogP contribution in [0.2, 0.25) is 0 Å². The maximum Gasteiger partial charge on any atom is 0.433 e. The molecule has 3 atom stereocenters. The zero-order valence-corrected chi connectivity index (χ0v) is 25.0. The fourth-order valence-corrected chi connectivity index (χ4v) is 4.74. The first kappa shape index (κ1) is 31.4. The number of hydrogen-bond acceptors (Lipinski definition) is 7. The van der Waals surface area contributed by atoms with Gasteiger partial charge in [0.25, 0.3) is 0 Å². The molecular formula is C27H35F3IN3O5. The highest BCUT2D eigenvalue weighted by molar-refractivity contribution is 14.1. The van der Waals surface area contributed by atoms with Crippen LogP contribution < -0.4 is 4.74 Å². The van der Waals surface area contributed by atoms with E-state index >= 15 is 0 Å². The minimum atomic E-state index is -4.62. The molecule has 0 radical (unpaired) electrons. The minimum absolute atomic E-state index is 0.0982. The number of pyridine rings is 1. The summed E-state index contributed by atoms with van der Waals surface area (Å²) in [5, 5.41) is 10.4. The Kier molecular flexibility index (Phi) is 10.1. The van der Waals surface area contributed by atoms with Gasteiger partial charge < -0.3 is 24.2 Å². The minimum Gasteiger partial charge on any atom is -0.482 e. The molecule has 12 heteroatoms. The molecule has 1 fully saturated rings. The number of aliphatic hydroxyl groups excluding tert-OH is 1. The van der Waals surface area contributed by atoms with Crippen LogP contribution in [-0.2, 0) is 15.7 Å². The SMILES string of the molecule is COC(O)c1cc(I)c(C)cc1OC(CN1CCN(C(=O)OC(C)(C)C)[C@H](C)C1)c1cccc(C(F)(F)F)n1. The number of benzene rings is 1. The monoisotopic (exact) mass is 665 g/mol. The Hall–Kier alpha value is -2.16. The Balaban J connectivity index is 1.91. The van der Waals surface area contributed by atoms with Crippen LogP contribution in [0.15, 0.2) is 30.3 Å². The summed E-state index contributed by atoms with van der Waals surface area (Å²) in [5.74, 6) is 0.284. The number of aromatic nitrogens is 1. The van der Waals surface area contributed by atoms with E-state index in [4.69, 9.17) is 14.2 Å². The van der Waals surface area contributed by atoms with E-state index in [0.29, 0.717) is 25.2 Å². The molecule has 1 amide bonds. The molecule has 1 N–H and O–H groups in total. The third-order valence-corrected chi connectivity index (χ3v) is 7.37. The average molecular weight is 665 g/mol. The molecule has 39 heavy (non-hydrogen) atoms. The van der Waals surface area contributed by atoms with Crippen molar-refractivity contribution in [2.24, 2.45) is 0 Å². The van der Waals surface area contributed by atoms with E-state index in [2.05, 4.69) is 27.6 Å². The molecule has 1 saturated heterocycles. The lowest BCUT2D eigenvalue weighted by molar-refractivity contribution is -0.141. The Morgan fingerprint density at radius 3 is 2.51 bits per heavy atom. The van der Waals surface area contributed by atoms with Crippen LogP contribution in [0.1, 0.15) is 62.6 Å². The highest BCUT2D eigenvalue weighted by Gasteiger charge is 2.35. The first-order chi connectivity index (χ1) is 18.1. The van der Waals surface area contributed by atoms with Crippen LogP contribution in [0.4, 0.5) is 18.0 Å². The van der Waals surface area contributed by atoms with Crippen LogP contribution in [-0.4, -0.2) is 70.9 Å². The van der Waals surface area contributed by atoms with Crippen molar-refractivity contribution in [3.05, 3.63) is 56.4 Å². The summed E-state index contributed by atoms with van der Waals surface area (Å²) in [6, 6.07) is 6.95. The smallest absolute Gasteiger partial charge is 0.433 e. The summed E-state index contributed by atoms with van der Waals surface area (Å²) in [6.45, 7) is 10.7. The zero-order valence-electron chi connectivity index (χ0n) is 22.9. The van der Waals surface area contributed by atoms with Gasteiger partial charge in [0.15, 0.2) is 12.4 Å². The molecule has 216 valence electrons. The van der Waals surface area contributed by atoms with Gasteiger partial charge in [0.2, 0.25) is 0 Å². The van der Waals surface area contributed by atoms with E-state index in [-0.39, 0.29) is 24.0 Å². The molecule has 0 aliphatic carbocycles. The summed E-state index contributed by atoms with van der Waals surface area (Å²) in [5.41, 5.74) is -0.327. The van der Waals surface area contributed by atoms with Crippen LogP contribution in [0.5, 0.6) is 5.75 Å². The van der Waals surface area contributed by atoms with Gasteiger partial charge in [-0.25, -0.2) is 9.78 Å². The highest BCUT2D eigenvalue weighted by Crippen LogP contribution is 2.35. The van der Waals surface area contributed by atoms with Gasteiger partial charge in [0, 0.05) is 42.9 Å². The Bertz CT molecular complexity index is 1160. The number of carbonyl (C=O) groups excluding carboxylic acids is 1. The van der Waals surface area contributed by atoms with Crippen molar-refractivity contribution in [2.75, 3.05) is 33.3 Å². The van der Waals surface area contributed by atoms with Gasteiger partial charge >= 0.3 is 12.3 Å². The Morgan fingerprint density at radius 1 is 1.23 bits per heavy atom. The van der Waals surface area contributed by atoms with E-state index in [1.165, 1.54) is 19.2 Å². The lowest BCUT2D eigenvalue weighted by atomic mass is 10.1. The normalized spacial score (nSPS) is 18.5. The molecule has 1 aromatic heterocycles. The predicted molar refractivity (Wildman–Crippen MR) is 147 cm³/mol. The molecule has 2 unspecified atom stereocenters. The number of aryl methyl sites for hydroxylation is 1. The molecule has 2 aromatic rings. The second-order valence-electron chi connectivity index (χ2n) is 10.6. The van der Waals surface area contributed by atoms with Crippen molar-refractivity contribution in [1.82, 2.24) is 14.8 Å². The van der Waals surface area contributed by atoms with Crippen molar-refractivity contribution in [3.63, 3.8) is 0 Å². The zero-order chi connectivity index (χ0) is 29.1. The van der Waals surface area contributed by atoms with E-state index in [9.17, 15) is 23.1 Å². The quantitative estimate of drug-likeness (QED) is 0.300. The van der Waals surface area contributed by atoms with Gasteiger partial charge in [-0.15, -0.1) is 0 Å². The van der Waals surface area contributed by atoms with Gasteiger partial charge in [-0.05, 0) is 87.0 Å². The van der Waals surface area contributed by atoms with Crippen molar-refractivity contribution in [1.29, 1.82) is 0 Å². The molecular weight excluding hydrogens is 630 g/mol. The second-order valence-corrected chi connectivity index (χ2v) is 11.7. The van der Waals surface area contributed by atoms with Crippen LogP contribution in [0.3, 0.4) is 0 Å². The molecule has 8 nitrogen and oxygen atoms in total. The van der Waals surface area contributed by atoms with Gasteiger partial charge in [-0.1, -0.05) is 6.07 Å². The third-order valence-electron chi connectivity index (χ3n) is 6.20. The van der Waals surface area contributed by atoms with E-state index in [0.717, 1.165) is 15.2 Å². The summed E-state index contributed by atoms with van der Waals surface area (Å²) in [7, 11) is 1.35. The molecule has 1 aliphatic heterocycles. The predicted octanol–water partition coefficient (Wildman–Crippen LogP) is 5.71. The standard InChI is InChI=1S/C27H35F3IN3O5/c1-16-12-21(18(13-19(16)31)24(35)37-6)38-22(20-8-7-9-23(32-20)27(28,29)30)15-33-10-11-34(17(2)14-33)25(36)39-26(3,4)5/h7-9,12-13,17,22,24,35H,10-11,14-15H2,1-6H3/t17-,22?,24?/m1/s1. The number of halogens is 4. The summed E-state index contributed by atoms with van der Waals surface area (Å²) in [4.78, 5) is 20.2. The number of piperazine rings is 1. The Labute approximate surface area is 240 Å². The molecule has 3 rings (SSSR count). The van der Waals surface area contributed by atoms with Crippen LogP contribution in [0.25, 0.3) is 0 Å². The van der Waals surface area contributed by atoms with Crippen LogP contribution >= 0.6 is 22.6 Å². The number of methoxy groups -OCH3 is 1. The number of carbonyl (C=O) groups is 1. The van der Waals surface area contributed by atoms with Crippen molar-refractivity contribution < 1.29 is 37.3 Å².